The summed E-state index contributed by atoms with van der Waals surface area (Å²) < 4.78 is 6.82. The van der Waals surface area contributed by atoms with Gasteiger partial charge in [-0.05, 0) is 6.92 Å². The van der Waals surface area contributed by atoms with Crippen molar-refractivity contribution in [1.29, 1.82) is 0 Å². The molecule has 26 heavy (non-hydrogen) atoms. The van der Waals surface area contributed by atoms with Crippen LogP contribution in [0.1, 0.15) is 25.4 Å². The molecule has 140 valence electrons. The summed E-state index contributed by atoms with van der Waals surface area (Å²) in [7, 11) is 0. The first kappa shape index (κ1) is 20.1. The van der Waals surface area contributed by atoms with Gasteiger partial charge < -0.3 is 14.6 Å². The zero-order chi connectivity index (χ0) is 18.9. The first-order chi connectivity index (χ1) is 12.6. The first-order valence-electron chi connectivity index (χ1n) is 8.13. The van der Waals surface area contributed by atoms with Crippen LogP contribution in [0.3, 0.4) is 0 Å². The lowest BCUT2D eigenvalue weighted by Crippen LogP contribution is -2.15. The lowest BCUT2D eigenvalue weighted by Gasteiger charge is -2.06. The summed E-state index contributed by atoms with van der Waals surface area (Å²) in [5.41, 5.74) is 0.578. The molecule has 0 unspecified atom stereocenters. The Morgan fingerprint density at radius 3 is 2.92 bits per heavy atom. The number of aryl methyl sites for hydroxylation is 1. The molecule has 2 aromatic rings. The van der Waals surface area contributed by atoms with Crippen molar-refractivity contribution in [1.82, 2.24) is 19.7 Å². The Balaban J connectivity index is 1.88. The lowest BCUT2D eigenvalue weighted by molar-refractivity contribution is -0.142. The minimum Gasteiger partial charge on any atom is -0.466 e. The molecule has 10 heteroatoms. The summed E-state index contributed by atoms with van der Waals surface area (Å²) in [6.07, 6.45) is 2.63. The highest BCUT2D eigenvalue weighted by atomic mass is 32.2. The maximum absolute atomic E-state index is 12.1. The van der Waals surface area contributed by atoms with Crippen molar-refractivity contribution in [2.45, 2.75) is 38.4 Å². The Morgan fingerprint density at radius 1 is 1.42 bits per heavy atom. The number of ether oxygens (including phenoxy) is 1. The zero-order valence-electron chi connectivity index (χ0n) is 14.7. The van der Waals surface area contributed by atoms with Crippen molar-refractivity contribution in [3.05, 3.63) is 29.6 Å². The molecule has 2 heterocycles. The topological polar surface area (TPSA) is 99.0 Å². The molecule has 0 bridgehead atoms. The van der Waals surface area contributed by atoms with Crippen LogP contribution >= 0.6 is 23.1 Å². The van der Waals surface area contributed by atoms with Crippen molar-refractivity contribution < 1.29 is 14.3 Å². The van der Waals surface area contributed by atoms with Gasteiger partial charge >= 0.3 is 5.97 Å². The molecule has 2 aromatic heterocycles. The highest BCUT2D eigenvalue weighted by molar-refractivity contribution is 7.99. The number of thioether (sulfide) groups is 1. The van der Waals surface area contributed by atoms with Gasteiger partial charge in [-0.3, -0.25) is 9.59 Å². The number of carbonyl (C=O) groups excluding carboxylic acids is 2. The number of carbonyl (C=O) groups is 2. The highest BCUT2D eigenvalue weighted by Crippen LogP contribution is 2.20. The molecule has 1 N–H and O–H groups in total. The molecule has 0 spiro atoms. The van der Waals surface area contributed by atoms with Gasteiger partial charge in [0, 0.05) is 18.3 Å². The first-order valence-corrected chi connectivity index (χ1v) is 9.99. The molecule has 8 nitrogen and oxygen atoms in total. The second kappa shape index (κ2) is 10.1. The number of hydrogen-bond donors (Lipinski definition) is 1. The van der Waals surface area contributed by atoms with Gasteiger partial charge in [0.05, 0.1) is 24.5 Å². The third-order valence-electron chi connectivity index (χ3n) is 3.18. The number of rotatable bonds is 10. The maximum Gasteiger partial charge on any atom is 0.311 e. The summed E-state index contributed by atoms with van der Waals surface area (Å²) in [4.78, 5) is 27.8. The summed E-state index contributed by atoms with van der Waals surface area (Å²) in [6.45, 7) is 8.42. The third-order valence-corrected chi connectivity index (χ3v) is 4.96. The molecule has 0 saturated carbocycles. The Kier molecular flexibility index (Phi) is 7.79. The van der Waals surface area contributed by atoms with Crippen molar-refractivity contribution in [3.63, 3.8) is 0 Å². The fourth-order valence-electron chi connectivity index (χ4n) is 2.09. The third kappa shape index (κ3) is 5.67. The Morgan fingerprint density at radius 2 is 2.23 bits per heavy atom. The molecular formula is C16H21N5O3S2. The van der Waals surface area contributed by atoms with Gasteiger partial charge in [-0.25, -0.2) is 4.98 Å². The molecule has 0 aliphatic rings. The van der Waals surface area contributed by atoms with Crippen molar-refractivity contribution in [2.24, 2.45) is 0 Å². The number of amides is 1. The summed E-state index contributed by atoms with van der Waals surface area (Å²) in [5, 5.41) is 13.8. The monoisotopic (exact) mass is 395 g/mol. The van der Waals surface area contributed by atoms with Crippen LogP contribution in [0.5, 0.6) is 0 Å². The number of thiazole rings is 1. The van der Waals surface area contributed by atoms with E-state index in [1.807, 2.05) is 11.5 Å². The molecule has 0 aliphatic carbocycles. The van der Waals surface area contributed by atoms with E-state index < -0.39 is 0 Å². The fraction of sp³-hybridized carbons (Fsp3) is 0.438. The van der Waals surface area contributed by atoms with Crippen LogP contribution in [-0.4, -0.2) is 44.0 Å². The molecule has 0 radical (unpaired) electrons. The molecule has 0 atom stereocenters. The number of nitrogens with zero attached hydrogens (tertiary/aromatic N) is 4. The molecule has 0 aliphatic heterocycles. The smallest absolute Gasteiger partial charge is 0.311 e. The van der Waals surface area contributed by atoms with Crippen molar-refractivity contribution in [2.75, 3.05) is 17.7 Å². The van der Waals surface area contributed by atoms with E-state index in [9.17, 15) is 9.59 Å². The van der Waals surface area contributed by atoms with Gasteiger partial charge in [0.1, 0.15) is 5.82 Å². The van der Waals surface area contributed by atoms with Crippen LogP contribution in [0, 0.1) is 0 Å². The number of esters is 1. The van der Waals surface area contributed by atoms with Crippen LogP contribution in [0.25, 0.3) is 0 Å². The van der Waals surface area contributed by atoms with Gasteiger partial charge in [0.2, 0.25) is 5.91 Å². The summed E-state index contributed by atoms with van der Waals surface area (Å²) in [6, 6.07) is 0. The minimum absolute atomic E-state index is 0.0966. The van der Waals surface area contributed by atoms with E-state index in [-0.39, 0.29) is 24.1 Å². The van der Waals surface area contributed by atoms with Gasteiger partial charge in [0.15, 0.2) is 10.3 Å². The van der Waals surface area contributed by atoms with Gasteiger partial charge in [-0.15, -0.1) is 28.1 Å². The zero-order valence-corrected chi connectivity index (χ0v) is 16.4. The standard InChI is InChI=1S/C16H21N5O3S2/c1-4-7-21-12(5-2)19-20-16(21)26-10-13(22)18-15-17-11(9-25-15)8-14(23)24-6-3/h4,9H,1,5-8,10H2,2-3H3,(H,17,18,22). The largest absolute Gasteiger partial charge is 0.466 e. The normalized spacial score (nSPS) is 10.5. The average Bonchev–Trinajstić information content (AvgIpc) is 3.20. The average molecular weight is 396 g/mol. The molecular weight excluding hydrogens is 374 g/mol. The predicted molar refractivity (Wildman–Crippen MR) is 101 cm³/mol. The van der Waals surface area contributed by atoms with Crippen molar-refractivity contribution in [3.8, 4) is 0 Å². The van der Waals surface area contributed by atoms with E-state index in [4.69, 9.17) is 4.74 Å². The van der Waals surface area contributed by atoms with Crippen LogP contribution in [0.2, 0.25) is 0 Å². The highest BCUT2D eigenvalue weighted by Gasteiger charge is 2.14. The molecule has 0 saturated heterocycles. The van der Waals surface area contributed by atoms with Crippen LogP contribution in [0.15, 0.2) is 23.2 Å². The molecule has 0 aromatic carbocycles. The summed E-state index contributed by atoms with van der Waals surface area (Å²) >= 11 is 2.58. The SMILES string of the molecule is C=CCn1c(CC)nnc1SCC(=O)Nc1nc(CC(=O)OCC)cs1. The van der Waals surface area contributed by atoms with E-state index in [0.717, 1.165) is 12.2 Å². The number of anilines is 1. The lowest BCUT2D eigenvalue weighted by atomic mass is 10.3. The quantitative estimate of drug-likeness (QED) is 0.374. The van der Waals surface area contributed by atoms with E-state index >= 15 is 0 Å². The van der Waals surface area contributed by atoms with E-state index in [0.29, 0.717) is 29.1 Å². The van der Waals surface area contributed by atoms with Crippen molar-refractivity contribution >= 4 is 40.1 Å². The van der Waals surface area contributed by atoms with Crippen LogP contribution < -0.4 is 5.32 Å². The molecule has 2 rings (SSSR count). The Hall–Kier alpha value is -2.20. The van der Waals surface area contributed by atoms with Gasteiger partial charge in [0.25, 0.3) is 0 Å². The molecule has 1 amide bonds. The number of nitrogens with one attached hydrogen (secondary N) is 1. The van der Waals surface area contributed by atoms with E-state index in [2.05, 4.69) is 27.1 Å². The number of hydrogen-bond acceptors (Lipinski definition) is 8. The van der Waals surface area contributed by atoms with Gasteiger partial charge in [-0.1, -0.05) is 24.8 Å². The van der Waals surface area contributed by atoms with Crippen LogP contribution in [0.4, 0.5) is 5.13 Å². The van der Waals surface area contributed by atoms with E-state index in [1.165, 1.54) is 23.1 Å². The second-order valence-corrected chi connectivity index (χ2v) is 6.91. The van der Waals surface area contributed by atoms with E-state index in [1.54, 1.807) is 18.4 Å². The minimum atomic E-state index is -0.334. The fourth-order valence-corrected chi connectivity index (χ4v) is 3.58. The number of allylic oxidation sites excluding steroid dienone is 1. The molecule has 0 fully saturated rings. The number of aromatic nitrogens is 4. The predicted octanol–water partition coefficient (Wildman–Crippen LogP) is 2.32. The van der Waals surface area contributed by atoms with Crippen LogP contribution in [-0.2, 0) is 33.7 Å². The maximum atomic E-state index is 12.1. The summed E-state index contributed by atoms with van der Waals surface area (Å²) in [5.74, 6) is 0.514. The second-order valence-electron chi connectivity index (χ2n) is 5.11. The van der Waals surface area contributed by atoms with Gasteiger partial charge in [-0.2, -0.15) is 0 Å². The Labute approximate surface area is 160 Å². The Bertz CT molecular complexity index is 772.